The van der Waals surface area contributed by atoms with Crippen LogP contribution in [0.1, 0.15) is 52.1 Å². The van der Waals surface area contributed by atoms with Crippen LogP contribution in [0.25, 0.3) is 0 Å². The van der Waals surface area contributed by atoms with Gasteiger partial charge in [-0.2, -0.15) is 0 Å². The molecule has 138 valence electrons. The lowest BCUT2D eigenvalue weighted by Crippen LogP contribution is -2.34. The molecule has 1 rings (SSSR count). The molecule has 0 aliphatic heterocycles. The number of nitrogens with two attached hydrogens (primary N) is 1. The number of amides is 1. The van der Waals surface area contributed by atoms with Crippen molar-refractivity contribution in [3.05, 3.63) is 23.8 Å². The molecule has 5 nitrogen and oxygen atoms in total. The molecule has 0 aliphatic rings. The number of carbonyl (C=O) groups is 1. The molecule has 1 aromatic carbocycles. The number of hydrogen-bond acceptors (Lipinski definition) is 4. The molecular weight excluding hydrogens is 328 g/mol. The lowest BCUT2D eigenvalue weighted by molar-refractivity contribution is -0.124. The fourth-order valence-electron chi connectivity index (χ4n) is 2.00. The summed E-state index contributed by atoms with van der Waals surface area (Å²) in [5.41, 5.74) is 6.52. The summed E-state index contributed by atoms with van der Waals surface area (Å²) in [5.74, 6) is 1.24. The van der Waals surface area contributed by atoms with Gasteiger partial charge in [0.1, 0.15) is 0 Å². The smallest absolute Gasteiger partial charge is 0.224 e. The molecule has 3 N–H and O–H groups in total. The van der Waals surface area contributed by atoms with E-state index in [0.717, 1.165) is 29.9 Å². The maximum absolute atomic E-state index is 12.0. The minimum atomic E-state index is -0.194. The van der Waals surface area contributed by atoms with Gasteiger partial charge in [0.05, 0.1) is 19.3 Å². The van der Waals surface area contributed by atoms with Crippen molar-refractivity contribution in [3.63, 3.8) is 0 Å². The molecule has 6 heteroatoms. The number of hydrogen-bond donors (Lipinski definition) is 2. The first kappa shape index (κ1) is 22.5. The lowest BCUT2D eigenvalue weighted by Gasteiger charge is -2.19. The van der Waals surface area contributed by atoms with Crippen molar-refractivity contribution in [2.75, 3.05) is 19.8 Å². The molecule has 1 aromatic rings. The van der Waals surface area contributed by atoms with Crippen LogP contribution < -0.4 is 20.5 Å². The molecule has 1 amide bonds. The SMILES string of the molecule is CCCOc1ccc(C(C)NC(=O)C(C)CN)cc1OCCC.Cl. The van der Waals surface area contributed by atoms with Crippen molar-refractivity contribution in [3.8, 4) is 11.5 Å². The van der Waals surface area contributed by atoms with Crippen LogP contribution in [-0.4, -0.2) is 25.7 Å². The van der Waals surface area contributed by atoms with E-state index in [2.05, 4.69) is 19.2 Å². The summed E-state index contributed by atoms with van der Waals surface area (Å²) in [6.45, 7) is 9.53. The predicted octanol–water partition coefficient (Wildman–Crippen LogP) is 3.46. The van der Waals surface area contributed by atoms with Gasteiger partial charge in [0.15, 0.2) is 11.5 Å². The topological polar surface area (TPSA) is 73.6 Å². The van der Waals surface area contributed by atoms with Gasteiger partial charge in [-0.25, -0.2) is 0 Å². The Labute approximate surface area is 151 Å². The van der Waals surface area contributed by atoms with Crippen molar-refractivity contribution < 1.29 is 14.3 Å². The highest BCUT2D eigenvalue weighted by atomic mass is 35.5. The van der Waals surface area contributed by atoms with Crippen molar-refractivity contribution in [1.82, 2.24) is 5.32 Å². The van der Waals surface area contributed by atoms with Crippen molar-refractivity contribution >= 4 is 18.3 Å². The minimum Gasteiger partial charge on any atom is -0.490 e. The van der Waals surface area contributed by atoms with Crippen molar-refractivity contribution in [1.29, 1.82) is 0 Å². The molecule has 2 unspecified atom stereocenters. The maximum Gasteiger partial charge on any atom is 0.224 e. The second-order valence-electron chi connectivity index (χ2n) is 5.77. The maximum atomic E-state index is 12.0. The van der Waals surface area contributed by atoms with Gasteiger partial charge in [-0.15, -0.1) is 12.4 Å². The highest BCUT2D eigenvalue weighted by Crippen LogP contribution is 2.31. The zero-order valence-corrected chi connectivity index (χ0v) is 15.9. The summed E-state index contributed by atoms with van der Waals surface area (Å²) in [6, 6.07) is 5.70. The van der Waals surface area contributed by atoms with Gasteiger partial charge in [0.2, 0.25) is 5.91 Å². The normalized spacial score (nSPS) is 12.7. The summed E-state index contributed by atoms with van der Waals surface area (Å²) in [4.78, 5) is 12.0. The summed E-state index contributed by atoms with van der Waals surface area (Å²) in [5, 5.41) is 2.98. The zero-order chi connectivity index (χ0) is 17.2. The van der Waals surface area contributed by atoms with Gasteiger partial charge in [-0.05, 0) is 37.5 Å². The number of rotatable bonds is 10. The van der Waals surface area contributed by atoms with Crippen LogP contribution >= 0.6 is 12.4 Å². The zero-order valence-electron chi connectivity index (χ0n) is 15.1. The Kier molecular flexibility index (Phi) is 11.3. The van der Waals surface area contributed by atoms with E-state index in [4.69, 9.17) is 15.2 Å². The fourth-order valence-corrected chi connectivity index (χ4v) is 2.00. The third kappa shape index (κ3) is 6.97. The van der Waals surface area contributed by atoms with Crippen LogP contribution in [-0.2, 0) is 4.79 Å². The van der Waals surface area contributed by atoms with Crippen LogP contribution in [0.2, 0.25) is 0 Å². The predicted molar refractivity (Wildman–Crippen MR) is 100 cm³/mol. The second kappa shape index (κ2) is 12.0. The standard InChI is InChI=1S/C18H30N2O3.ClH/c1-5-9-22-16-8-7-15(11-17(16)23-10-6-2)14(4)20-18(21)13(3)12-19;/h7-8,11,13-14H,5-6,9-10,12,19H2,1-4H3,(H,20,21);1H. The number of ether oxygens (including phenoxy) is 2. The Morgan fingerprint density at radius 3 is 2.25 bits per heavy atom. The molecule has 0 heterocycles. The molecule has 0 fully saturated rings. The molecule has 24 heavy (non-hydrogen) atoms. The monoisotopic (exact) mass is 358 g/mol. The second-order valence-corrected chi connectivity index (χ2v) is 5.77. The van der Waals surface area contributed by atoms with Gasteiger partial charge < -0.3 is 20.5 Å². The van der Waals surface area contributed by atoms with Crippen LogP contribution in [0.3, 0.4) is 0 Å². The van der Waals surface area contributed by atoms with E-state index in [1.165, 1.54) is 0 Å². The Morgan fingerprint density at radius 1 is 1.12 bits per heavy atom. The van der Waals surface area contributed by atoms with E-state index in [0.29, 0.717) is 19.8 Å². The first-order valence-electron chi connectivity index (χ1n) is 8.43. The number of benzene rings is 1. The average molecular weight is 359 g/mol. The van der Waals surface area contributed by atoms with E-state index in [1.807, 2.05) is 32.0 Å². The van der Waals surface area contributed by atoms with E-state index < -0.39 is 0 Å². The summed E-state index contributed by atoms with van der Waals surface area (Å²) >= 11 is 0. The number of halogens is 1. The molecule has 0 spiro atoms. The number of nitrogens with one attached hydrogen (secondary N) is 1. The lowest BCUT2D eigenvalue weighted by atomic mass is 10.1. The molecule has 0 saturated carbocycles. The first-order valence-corrected chi connectivity index (χ1v) is 8.43. The Bertz CT molecular complexity index is 497. The quantitative estimate of drug-likeness (QED) is 0.671. The number of carbonyl (C=O) groups excluding carboxylic acids is 1. The van der Waals surface area contributed by atoms with Crippen LogP contribution in [0.4, 0.5) is 0 Å². The van der Waals surface area contributed by atoms with E-state index in [1.54, 1.807) is 0 Å². The van der Waals surface area contributed by atoms with E-state index in [-0.39, 0.29) is 30.3 Å². The van der Waals surface area contributed by atoms with Crippen LogP contribution in [0.15, 0.2) is 18.2 Å². The molecule has 0 bridgehead atoms. The Hall–Kier alpha value is -1.46. The van der Waals surface area contributed by atoms with Gasteiger partial charge in [0, 0.05) is 12.5 Å². The van der Waals surface area contributed by atoms with E-state index >= 15 is 0 Å². The largest absolute Gasteiger partial charge is 0.490 e. The van der Waals surface area contributed by atoms with Gasteiger partial charge >= 0.3 is 0 Å². The van der Waals surface area contributed by atoms with Gasteiger partial charge in [0.25, 0.3) is 0 Å². The molecule has 0 radical (unpaired) electrons. The van der Waals surface area contributed by atoms with Crippen molar-refractivity contribution in [2.45, 2.75) is 46.6 Å². The minimum absolute atomic E-state index is 0. The fraction of sp³-hybridized carbons (Fsp3) is 0.611. The molecule has 0 saturated heterocycles. The molecule has 0 aliphatic carbocycles. The van der Waals surface area contributed by atoms with Crippen LogP contribution in [0, 0.1) is 5.92 Å². The highest BCUT2D eigenvalue weighted by molar-refractivity contribution is 5.85. The summed E-state index contributed by atoms with van der Waals surface area (Å²) < 4.78 is 11.5. The Balaban J connectivity index is 0.00000529. The molecule has 2 atom stereocenters. The summed E-state index contributed by atoms with van der Waals surface area (Å²) in [7, 11) is 0. The van der Waals surface area contributed by atoms with Gasteiger partial charge in [-0.3, -0.25) is 4.79 Å². The highest BCUT2D eigenvalue weighted by Gasteiger charge is 2.16. The van der Waals surface area contributed by atoms with E-state index in [9.17, 15) is 4.79 Å². The average Bonchev–Trinajstić information content (AvgIpc) is 2.57. The Morgan fingerprint density at radius 2 is 1.71 bits per heavy atom. The molecule has 0 aromatic heterocycles. The van der Waals surface area contributed by atoms with Crippen LogP contribution in [0.5, 0.6) is 11.5 Å². The van der Waals surface area contributed by atoms with Crippen molar-refractivity contribution in [2.24, 2.45) is 11.7 Å². The third-order valence-corrected chi connectivity index (χ3v) is 3.55. The summed E-state index contributed by atoms with van der Waals surface area (Å²) in [6.07, 6.45) is 1.87. The third-order valence-electron chi connectivity index (χ3n) is 3.55. The first-order chi connectivity index (χ1) is 11.0. The van der Waals surface area contributed by atoms with Gasteiger partial charge in [-0.1, -0.05) is 26.8 Å². The molecular formula is C18H31ClN2O3.